The van der Waals surface area contributed by atoms with Crippen molar-refractivity contribution < 1.29 is 36.6 Å². The normalized spacial score (nSPS) is 16.2. The number of nitrogens with zero attached hydrogens (tertiary/aromatic N) is 3. The van der Waals surface area contributed by atoms with E-state index in [-0.39, 0.29) is 34.1 Å². The fourth-order valence-electron chi connectivity index (χ4n) is 11.0. The second-order valence-electron chi connectivity index (χ2n) is 19.8. The highest BCUT2D eigenvalue weighted by atomic mass is 32.2. The highest BCUT2D eigenvalue weighted by Gasteiger charge is 2.47. The molecule has 0 saturated carbocycles. The smallest absolute Gasteiger partial charge is 0.367 e. The average molecular weight is 944 g/mol. The lowest BCUT2D eigenvalue weighted by atomic mass is 9.82. The van der Waals surface area contributed by atoms with Gasteiger partial charge in [-0.2, -0.15) is 0 Å². The van der Waals surface area contributed by atoms with E-state index >= 15 is 0 Å². The molecule has 3 aliphatic heterocycles. The summed E-state index contributed by atoms with van der Waals surface area (Å²) in [5.74, 6) is -1.81. The molecule has 0 N–H and O–H groups in total. The van der Waals surface area contributed by atoms with Crippen LogP contribution in [0.1, 0.15) is 62.0 Å². The SMILES string of the molecule is CC1(C)CN(c2ccc(-c3ccc(C(=O)ON4C(=O)CCC4=O)cc3)cc2)c2c1c1[o+]c3c4c(c5ccccc5c3cc1c1ccccc21)N(c1ccc(-c2ccc(S(=O)(=O)[O-])cc2)cc1)CC4(C)C. The first-order valence-corrected chi connectivity index (χ1v) is 24.7. The van der Waals surface area contributed by atoms with Crippen LogP contribution in [0.5, 0.6) is 0 Å². The van der Waals surface area contributed by atoms with Crippen LogP contribution in [0.3, 0.4) is 0 Å². The Kier molecular flexibility index (Phi) is 9.63. The average Bonchev–Trinajstić information content (AvgIpc) is 3.96. The first kappa shape index (κ1) is 43.4. The minimum absolute atomic E-state index is 0.0309. The van der Waals surface area contributed by atoms with E-state index in [1.807, 2.05) is 24.3 Å². The third-order valence-corrected chi connectivity index (χ3v) is 15.2. The molecule has 0 bridgehead atoms. The minimum atomic E-state index is -4.54. The maximum atomic E-state index is 12.8. The predicted octanol–water partition coefficient (Wildman–Crippen LogP) is 12.5. The topological polar surface area (TPSA) is 139 Å². The van der Waals surface area contributed by atoms with E-state index in [4.69, 9.17) is 9.25 Å². The summed E-state index contributed by atoms with van der Waals surface area (Å²) < 4.78 is 42.3. The number of amides is 2. The fraction of sp³-hybridized carbons (Fsp3) is 0.172. The Labute approximate surface area is 403 Å². The molecule has 70 heavy (non-hydrogen) atoms. The van der Waals surface area contributed by atoms with Crippen molar-refractivity contribution in [2.45, 2.75) is 56.3 Å². The van der Waals surface area contributed by atoms with E-state index in [9.17, 15) is 27.4 Å². The molecule has 3 aliphatic rings. The van der Waals surface area contributed by atoms with Crippen LogP contribution >= 0.6 is 0 Å². The molecule has 0 spiro atoms. The third kappa shape index (κ3) is 6.84. The van der Waals surface area contributed by atoms with Gasteiger partial charge in [0.15, 0.2) is 0 Å². The molecular weight excluding hydrogens is 899 g/mol. The van der Waals surface area contributed by atoms with Gasteiger partial charge in [0, 0.05) is 69.7 Å². The summed E-state index contributed by atoms with van der Waals surface area (Å²) in [7, 11) is -4.54. The Bertz CT molecular complexity index is 3820. The van der Waals surface area contributed by atoms with E-state index in [1.165, 1.54) is 12.1 Å². The quantitative estimate of drug-likeness (QED) is 0.0499. The molecule has 12 rings (SSSR count). The van der Waals surface area contributed by atoms with E-state index in [0.29, 0.717) is 18.2 Å². The van der Waals surface area contributed by atoms with Crippen molar-refractivity contribution in [3.05, 3.63) is 168 Å². The zero-order chi connectivity index (χ0) is 48.4. The van der Waals surface area contributed by atoms with Gasteiger partial charge in [-0.05, 0) is 76.9 Å². The van der Waals surface area contributed by atoms with Crippen LogP contribution in [0, 0.1) is 0 Å². The van der Waals surface area contributed by atoms with E-state index < -0.39 is 27.9 Å². The Hall–Kier alpha value is -7.93. The van der Waals surface area contributed by atoms with Crippen molar-refractivity contribution in [3.8, 4) is 22.3 Å². The van der Waals surface area contributed by atoms with Gasteiger partial charge in [0.2, 0.25) is 0 Å². The number of hydrogen-bond donors (Lipinski definition) is 0. The first-order valence-electron chi connectivity index (χ1n) is 23.3. The maximum Gasteiger partial charge on any atom is 0.367 e. The van der Waals surface area contributed by atoms with Crippen LogP contribution in [0.4, 0.5) is 22.7 Å². The number of fused-ring (bicyclic) bond motifs is 12. The Morgan fingerprint density at radius 2 is 0.929 bits per heavy atom. The summed E-state index contributed by atoms with van der Waals surface area (Å²) in [6.07, 6.45) is 0.0617. The van der Waals surface area contributed by atoms with Gasteiger partial charge in [0.05, 0.1) is 43.7 Å². The largest absolute Gasteiger partial charge is 0.744 e. The standard InChI is InChI=1S/C58H45N3O8S/c1-57(2)32-59(39-23-17-35(18-24-39)34-13-15-38(16-14-34)56(64)69-61-48(62)29-30-49(61)63)52-44-11-7-5-9-42(44)46-31-47-43-10-6-8-12-45(43)53-51(55(47)68-54(46)50(52)57)58(3,4)33-60(53)40-25-19-36(20-26-40)37-21-27-41(28-22-37)70(65,66)67/h5-28,31H,29-30,32-33H2,1-4H3. The number of anilines is 4. The Morgan fingerprint density at radius 3 is 1.34 bits per heavy atom. The van der Waals surface area contributed by atoms with E-state index in [2.05, 4.69) is 128 Å². The highest BCUT2D eigenvalue weighted by Crippen LogP contribution is 2.56. The van der Waals surface area contributed by atoms with Crippen molar-refractivity contribution in [2.24, 2.45) is 0 Å². The minimum Gasteiger partial charge on any atom is -0.744 e. The van der Waals surface area contributed by atoms with Crippen LogP contribution in [-0.4, -0.2) is 48.9 Å². The molecule has 0 radical (unpaired) electrons. The zero-order valence-corrected chi connectivity index (χ0v) is 39.6. The van der Waals surface area contributed by atoms with Gasteiger partial charge < -0.3 is 19.2 Å². The van der Waals surface area contributed by atoms with E-state index in [1.54, 1.807) is 24.3 Å². The van der Waals surface area contributed by atoms with Gasteiger partial charge in [-0.3, -0.25) is 9.59 Å². The number of hydrogen-bond acceptors (Lipinski definition) is 9. The number of carbonyl (C=O) groups is 3. The van der Waals surface area contributed by atoms with Crippen molar-refractivity contribution in [3.63, 3.8) is 0 Å². The molecule has 1 aromatic heterocycles. The van der Waals surface area contributed by atoms with Crippen molar-refractivity contribution >= 4 is 94.1 Å². The summed E-state index contributed by atoms with van der Waals surface area (Å²) in [6, 6.07) is 49.1. The second kappa shape index (κ2) is 15.5. The Morgan fingerprint density at radius 1 is 0.543 bits per heavy atom. The van der Waals surface area contributed by atoms with Crippen molar-refractivity contribution in [1.82, 2.24) is 5.06 Å². The van der Waals surface area contributed by atoms with Gasteiger partial charge in [-0.15, -0.1) is 5.06 Å². The summed E-state index contributed by atoms with van der Waals surface area (Å²) in [5, 5.41) is 7.16. The molecule has 1 fully saturated rings. The van der Waals surface area contributed by atoms with Gasteiger partial charge >= 0.3 is 17.1 Å². The van der Waals surface area contributed by atoms with Crippen LogP contribution in [0.2, 0.25) is 0 Å². The third-order valence-electron chi connectivity index (χ3n) is 14.3. The van der Waals surface area contributed by atoms with Crippen LogP contribution in [0.15, 0.2) is 161 Å². The molecule has 11 nitrogen and oxygen atoms in total. The molecule has 2 amide bonds. The molecule has 1 saturated heterocycles. The predicted molar refractivity (Wildman–Crippen MR) is 271 cm³/mol. The number of carbonyl (C=O) groups excluding carboxylic acids is 3. The van der Waals surface area contributed by atoms with Crippen molar-refractivity contribution in [1.29, 1.82) is 0 Å². The lowest BCUT2D eigenvalue weighted by Gasteiger charge is -2.23. The molecule has 346 valence electrons. The summed E-state index contributed by atoms with van der Waals surface area (Å²) in [4.78, 5) is 46.4. The fourth-order valence-corrected chi connectivity index (χ4v) is 11.5. The molecule has 12 heteroatoms. The number of benzene rings is 8. The Balaban J connectivity index is 0.951. The number of imide groups is 1. The lowest BCUT2D eigenvalue weighted by molar-refractivity contribution is -0.172. The number of hydroxylamine groups is 2. The molecule has 0 atom stereocenters. The zero-order valence-electron chi connectivity index (χ0n) is 38.8. The summed E-state index contributed by atoms with van der Waals surface area (Å²) in [5.41, 5.74) is 11.5. The molecule has 0 aliphatic carbocycles. The highest BCUT2D eigenvalue weighted by molar-refractivity contribution is 7.85. The van der Waals surface area contributed by atoms with Crippen molar-refractivity contribution in [2.75, 3.05) is 22.9 Å². The van der Waals surface area contributed by atoms with Crippen LogP contribution < -0.4 is 9.80 Å². The summed E-state index contributed by atoms with van der Waals surface area (Å²) >= 11 is 0. The molecule has 9 aromatic rings. The van der Waals surface area contributed by atoms with Crippen LogP contribution in [-0.2, 0) is 35.4 Å². The molecule has 4 heterocycles. The molecule has 0 unspecified atom stereocenters. The monoisotopic (exact) mass is 943 g/mol. The molecule has 8 aromatic carbocycles. The van der Waals surface area contributed by atoms with Gasteiger partial charge in [-0.1, -0.05) is 125 Å². The maximum absolute atomic E-state index is 12.8. The lowest BCUT2D eigenvalue weighted by Crippen LogP contribution is -2.32. The van der Waals surface area contributed by atoms with Gasteiger partial charge in [-0.25, -0.2) is 17.6 Å². The van der Waals surface area contributed by atoms with E-state index in [0.717, 1.165) is 99.6 Å². The molecular formula is C58H45N3O8S. The van der Waals surface area contributed by atoms with Gasteiger partial charge in [0.25, 0.3) is 11.8 Å². The first-order chi connectivity index (χ1) is 33.6. The van der Waals surface area contributed by atoms with Crippen LogP contribution in [0.25, 0.3) is 65.7 Å². The number of rotatable bonds is 7. The second-order valence-corrected chi connectivity index (χ2v) is 21.2. The summed E-state index contributed by atoms with van der Waals surface area (Å²) in [6.45, 7) is 10.6. The van der Waals surface area contributed by atoms with Gasteiger partial charge in [0.1, 0.15) is 10.1 Å².